The fourth-order valence-corrected chi connectivity index (χ4v) is 3.21. The Labute approximate surface area is 165 Å². The Bertz CT molecular complexity index is 1020. The van der Waals surface area contributed by atoms with E-state index in [4.69, 9.17) is 5.84 Å². The van der Waals surface area contributed by atoms with Gasteiger partial charge in [-0.25, -0.2) is 4.68 Å². The average Bonchev–Trinajstić information content (AvgIpc) is 3.03. The summed E-state index contributed by atoms with van der Waals surface area (Å²) >= 11 is 1.11. The number of anilines is 1. The Hall–Kier alpha value is -3.40. The van der Waals surface area contributed by atoms with Crippen LogP contribution in [-0.2, 0) is 4.79 Å². The zero-order valence-electron chi connectivity index (χ0n) is 15.2. The molecule has 10 heteroatoms. The lowest BCUT2D eigenvalue weighted by molar-refractivity contribution is -0.383. The normalized spacial score (nSPS) is 11.8. The second-order valence-electron chi connectivity index (χ2n) is 6.07. The molecule has 0 fully saturated rings. The highest BCUT2D eigenvalue weighted by atomic mass is 32.2. The number of aryl methyl sites for hydroxylation is 1. The Kier molecular flexibility index (Phi) is 5.59. The molecule has 3 N–H and O–H groups in total. The molecular formula is C18H18N6O3S. The monoisotopic (exact) mass is 398 g/mol. The van der Waals surface area contributed by atoms with Crippen molar-refractivity contribution in [1.82, 2.24) is 14.9 Å². The highest BCUT2D eigenvalue weighted by molar-refractivity contribution is 8.00. The number of hydrogen-bond donors (Lipinski definition) is 2. The van der Waals surface area contributed by atoms with E-state index in [1.807, 2.05) is 31.2 Å². The van der Waals surface area contributed by atoms with Gasteiger partial charge in [0.2, 0.25) is 11.1 Å². The van der Waals surface area contributed by atoms with E-state index in [9.17, 15) is 14.9 Å². The number of nitrogens with one attached hydrogen (secondary N) is 1. The average molecular weight is 398 g/mol. The van der Waals surface area contributed by atoms with Gasteiger partial charge in [0.25, 0.3) is 5.69 Å². The minimum Gasteiger partial charge on any atom is -0.335 e. The van der Waals surface area contributed by atoms with E-state index in [1.165, 1.54) is 22.9 Å². The third-order valence-corrected chi connectivity index (χ3v) is 5.04. The molecule has 3 aromatic rings. The van der Waals surface area contributed by atoms with E-state index >= 15 is 0 Å². The van der Waals surface area contributed by atoms with Gasteiger partial charge in [-0.05, 0) is 19.9 Å². The molecule has 0 saturated heterocycles. The minimum atomic E-state index is -0.600. The maximum Gasteiger partial charge on any atom is 0.292 e. The predicted octanol–water partition coefficient (Wildman–Crippen LogP) is 2.99. The third kappa shape index (κ3) is 4.12. The van der Waals surface area contributed by atoms with E-state index in [-0.39, 0.29) is 11.4 Å². The summed E-state index contributed by atoms with van der Waals surface area (Å²) in [4.78, 5) is 23.0. The van der Waals surface area contributed by atoms with E-state index in [0.717, 1.165) is 22.9 Å². The summed E-state index contributed by atoms with van der Waals surface area (Å²) < 4.78 is 1.32. The van der Waals surface area contributed by atoms with Gasteiger partial charge >= 0.3 is 0 Å². The van der Waals surface area contributed by atoms with Gasteiger partial charge in [-0.3, -0.25) is 14.9 Å². The molecule has 0 aliphatic carbocycles. The fraction of sp³-hybridized carbons (Fsp3) is 0.167. The number of nitrogens with zero attached hydrogens (tertiary/aromatic N) is 4. The predicted molar refractivity (Wildman–Crippen MR) is 107 cm³/mol. The summed E-state index contributed by atoms with van der Waals surface area (Å²) in [5, 5.41) is 21.6. The van der Waals surface area contributed by atoms with Crippen LogP contribution in [0.25, 0.3) is 11.4 Å². The van der Waals surface area contributed by atoms with Crippen LogP contribution in [0, 0.1) is 17.0 Å². The molecule has 0 bridgehead atoms. The van der Waals surface area contributed by atoms with Gasteiger partial charge in [0, 0.05) is 11.6 Å². The molecule has 0 radical (unpaired) electrons. The number of hydrogen-bond acceptors (Lipinski definition) is 7. The van der Waals surface area contributed by atoms with Gasteiger partial charge in [0.05, 0.1) is 10.2 Å². The zero-order chi connectivity index (χ0) is 20.3. The molecule has 2 aromatic carbocycles. The van der Waals surface area contributed by atoms with Crippen LogP contribution in [0.3, 0.4) is 0 Å². The van der Waals surface area contributed by atoms with Crippen molar-refractivity contribution in [1.29, 1.82) is 0 Å². The summed E-state index contributed by atoms with van der Waals surface area (Å²) in [5.41, 5.74) is 1.89. The zero-order valence-corrected chi connectivity index (χ0v) is 16.0. The molecular weight excluding hydrogens is 380 g/mol. The van der Waals surface area contributed by atoms with Gasteiger partial charge in [-0.2, -0.15) is 0 Å². The molecule has 0 aliphatic rings. The third-order valence-electron chi connectivity index (χ3n) is 3.98. The first-order valence-corrected chi connectivity index (χ1v) is 9.23. The number of para-hydroxylation sites is 2. The molecule has 1 heterocycles. The molecule has 1 amide bonds. The van der Waals surface area contributed by atoms with Crippen LogP contribution in [0.1, 0.15) is 12.5 Å². The van der Waals surface area contributed by atoms with Crippen LogP contribution >= 0.6 is 11.8 Å². The maximum atomic E-state index is 12.5. The van der Waals surface area contributed by atoms with Gasteiger partial charge in [-0.1, -0.05) is 53.7 Å². The first-order chi connectivity index (χ1) is 13.4. The number of carbonyl (C=O) groups is 1. The molecule has 28 heavy (non-hydrogen) atoms. The number of nitrogens with two attached hydrogens (primary N) is 1. The quantitative estimate of drug-likeness (QED) is 0.282. The smallest absolute Gasteiger partial charge is 0.292 e. The van der Waals surface area contributed by atoms with Crippen molar-refractivity contribution in [3.05, 3.63) is 64.2 Å². The Balaban J connectivity index is 1.73. The lowest BCUT2D eigenvalue weighted by Gasteiger charge is -2.11. The number of carbonyl (C=O) groups excluding carboxylic acids is 1. The summed E-state index contributed by atoms with van der Waals surface area (Å²) in [6, 6.07) is 13.6. The van der Waals surface area contributed by atoms with Crippen molar-refractivity contribution in [2.75, 3.05) is 11.2 Å². The van der Waals surface area contributed by atoms with Crippen LogP contribution in [0.2, 0.25) is 0 Å². The topological polar surface area (TPSA) is 129 Å². The molecule has 9 nitrogen and oxygen atoms in total. The van der Waals surface area contributed by atoms with Crippen molar-refractivity contribution in [3.63, 3.8) is 0 Å². The van der Waals surface area contributed by atoms with Crippen molar-refractivity contribution in [3.8, 4) is 11.4 Å². The van der Waals surface area contributed by atoms with E-state index < -0.39 is 16.1 Å². The fourth-order valence-electron chi connectivity index (χ4n) is 2.44. The van der Waals surface area contributed by atoms with Gasteiger partial charge in [0.15, 0.2) is 5.82 Å². The second kappa shape index (κ2) is 8.09. The Morgan fingerprint density at radius 1 is 1.21 bits per heavy atom. The molecule has 1 atom stereocenters. The molecule has 1 aromatic heterocycles. The second-order valence-corrected chi connectivity index (χ2v) is 7.37. The van der Waals surface area contributed by atoms with E-state index in [2.05, 4.69) is 15.5 Å². The summed E-state index contributed by atoms with van der Waals surface area (Å²) in [7, 11) is 0. The number of thioether (sulfide) groups is 1. The Morgan fingerprint density at radius 2 is 1.89 bits per heavy atom. The van der Waals surface area contributed by atoms with Crippen molar-refractivity contribution in [2.45, 2.75) is 24.3 Å². The molecule has 1 unspecified atom stereocenters. The van der Waals surface area contributed by atoms with Gasteiger partial charge < -0.3 is 11.2 Å². The lowest BCUT2D eigenvalue weighted by atomic mass is 10.1. The van der Waals surface area contributed by atoms with E-state index in [0.29, 0.717) is 11.0 Å². The standard InChI is InChI=1S/C18H18N6O3S/c1-11-7-9-13(10-8-11)16-21-22-18(23(16)19)28-12(2)17(25)20-14-5-3-4-6-15(14)24(26)27/h3-10,12H,19H2,1-2H3,(H,20,25). The number of nitrogen functional groups attached to an aromatic ring is 1. The molecule has 144 valence electrons. The van der Waals surface area contributed by atoms with Gasteiger partial charge in [0.1, 0.15) is 5.69 Å². The molecule has 0 aliphatic heterocycles. The van der Waals surface area contributed by atoms with Crippen molar-refractivity contribution < 1.29 is 9.72 Å². The van der Waals surface area contributed by atoms with Gasteiger partial charge in [-0.15, -0.1) is 10.2 Å². The number of benzene rings is 2. The van der Waals surface area contributed by atoms with Crippen molar-refractivity contribution in [2.24, 2.45) is 0 Å². The molecule has 0 saturated carbocycles. The van der Waals surface area contributed by atoms with E-state index in [1.54, 1.807) is 13.0 Å². The number of nitro benzene ring substituents is 1. The van der Waals surface area contributed by atoms with Crippen LogP contribution in [0.5, 0.6) is 0 Å². The Morgan fingerprint density at radius 3 is 2.57 bits per heavy atom. The number of amides is 1. The summed E-state index contributed by atoms with van der Waals surface area (Å²) in [6.45, 7) is 3.64. The van der Waals surface area contributed by atoms with Crippen molar-refractivity contribution >= 4 is 29.0 Å². The highest BCUT2D eigenvalue weighted by Gasteiger charge is 2.22. The summed E-state index contributed by atoms with van der Waals surface area (Å²) in [5.74, 6) is 6.16. The highest BCUT2D eigenvalue weighted by Crippen LogP contribution is 2.27. The van der Waals surface area contributed by atoms with Crippen LogP contribution in [-0.4, -0.2) is 31.0 Å². The first kappa shape index (κ1) is 19.4. The maximum absolute atomic E-state index is 12.5. The number of rotatable bonds is 6. The first-order valence-electron chi connectivity index (χ1n) is 8.35. The molecule has 3 rings (SSSR count). The largest absolute Gasteiger partial charge is 0.335 e. The number of aromatic nitrogens is 3. The summed E-state index contributed by atoms with van der Waals surface area (Å²) in [6.07, 6.45) is 0. The van der Waals surface area contributed by atoms with Crippen LogP contribution in [0.15, 0.2) is 53.7 Å². The molecule has 0 spiro atoms. The lowest BCUT2D eigenvalue weighted by Crippen LogP contribution is -2.24. The number of nitro groups is 1. The SMILES string of the molecule is Cc1ccc(-c2nnc(SC(C)C(=O)Nc3ccccc3[N+](=O)[O-])n2N)cc1. The minimum absolute atomic E-state index is 0.138. The van der Waals surface area contributed by atoms with Crippen LogP contribution in [0.4, 0.5) is 11.4 Å². The van der Waals surface area contributed by atoms with Crippen LogP contribution < -0.4 is 11.2 Å².